The predicted molar refractivity (Wildman–Crippen MR) is 114 cm³/mol. The molecule has 31 heavy (non-hydrogen) atoms. The summed E-state index contributed by atoms with van der Waals surface area (Å²) in [6.45, 7) is 13.9. The van der Waals surface area contributed by atoms with Crippen molar-refractivity contribution in [1.29, 1.82) is 0 Å². The number of hydrogen-bond acceptors (Lipinski definition) is 6. The third-order valence-electron chi connectivity index (χ3n) is 8.15. The maximum Gasteiger partial charge on any atom is 0.172 e. The van der Waals surface area contributed by atoms with Crippen LogP contribution in [-0.4, -0.2) is 55.0 Å². The molecule has 0 aromatic rings. The van der Waals surface area contributed by atoms with Crippen molar-refractivity contribution in [1.82, 2.24) is 0 Å². The Morgan fingerprint density at radius 3 is 2.39 bits per heavy atom. The summed E-state index contributed by atoms with van der Waals surface area (Å²) in [4.78, 5) is 14.5. The van der Waals surface area contributed by atoms with Crippen molar-refractivity contribution in [3.63, 3.8) is 0 Å². The molecule has 5 rings (SSSR count). The topological polar surface area (TPSA) is 66.5 Å². The summed E-state index contributed by atoms with van der Waals surface area (Å²) in [5.74, 6) is -1.51. The van der Waals surface area contributed by atoms with Crippen LogP contribution in [0.5, 0.6) is 0 Å². The molecule has 3 heterocycles. The monoisotopic (exact) mass is 432 g/mol. The summed E-state index contributed by atoms with van der Waals surface area (Å²) in [6.07, 6.45) is 9.67. The Labute approximate surface area is 185 Å². The summed E-state index contributed by atoms with van der Waals surface area (Å²) >= 11 is 0. The summed E-state index contributed by atoms with van der Waals surface area (Å²) in [7, 11) is 0. The average Bonchev–Trinajstić information content (AvgIpc) is 3.24. The molecule has 0 saturated carbocycles. The molecule has 3 aliphatic heterocycles. The van der Waals surface area contributed by atoms with Crippen molar-refractivity contribution in [2.24, 2.45) is 22.7 Å². The van der Waals surface area contributed by atoms with E-state index in [4.69, 9.17) is 23.7 Å². The third kappa shape index (κ3) is 3.29. The lowest BCUT2D eigenvalue weighted by molar-refractivity contribution is -0.291. The van der Waals surface area contributed by atoms with Gasteiger partial charge in [-0.15, -0.1) is 0 Å². The lowest BCUT2D eigenvalue weighted by atomic mass is 9.56. The Balaban J connectivity index is 1.52. The van der Waals surface area contributed by atoms with E-state index in [9.17, 15) is 4.79 Å². The average molecular weight is 433 g/mol. The first kappa shape index (κ1) is 21.8. The molecule has 2 aliphatic carbocycles. The molecule has 172 valence electrons. The van der Waals surface area contributed by atoms with E-state index < -0.39 is 22.6 Å². The van der Waals surface area contributed by atoms with Gasteiger partial charge in [-0.2, -0.15) is 0 Å². The largest absolute Gasteiger partial charge is 0.357 e. The molecule has 0 aromatic heterocycles. The minimum atomic E-state index is -0.856. The van der Waals surface area contributed by atoms with Crippen molar-refractivity contribution in [3.8, 4) is 0 Å². The standard InChI is InChI=1S/C25H36O6/c1-21(2)9-7-10-23(5)11-8-17-16(15-29-22(3,4)30-17)19(23)20(26)25(21)18(31-25)14-24(6)27-12-13-28-24/h7-8,10-11,16-19H,9,12-15H2,1-6H3/b10-7-/t16-,17+,18-,19-,23-,25-/m1/s1. The van der Waals surface area contributed by atoms with Gasteiger partial charge in [0, 0.05) is 29.1 Å². The Hall–Kier alpha value is -1.05. The number of ether oxygens (including phenoxy) is 5. The van der Waals surface area contributed by atoms with E-state index >= 15 is 0 Å². The molecule has 1 spiro atoms. The second kappa shape index (κ2) is 6.73. The number of epoxide rings is 1. The summed E-state index contributed by atoms with van der Waals surface area (Å²) in [5.41, 5.74) is -1.59. The number of carbonyl (C=O) groups excluding carboxylic acids is 1. The fourth-order valence-corrected chi connectivity index (χ4v) is 6.33. The number of allylic oxidation sites excluding steroid dienone is 3. The van der Waals surface area contributed by atoms with Crippen LogP contribution in [0, 0.1) is 22.7 Å². The van der Waals surface area contributed by atoms with Crippen LogP contribution in [0.4, 0.5) is 0 Å². The number of fused-ring (bicyclic) bond motifs is 3. The van der Waals surface area contributed by atoms with Crippen molar-refractivity contribution < 1.29 is 28.5 Å². The molecule has 0 radical (unpaired) electrons. The van der Waals surface area contributed by atoms with Crippen molar-refractivity contribution in [2.45, 2.75) is 83.8 Å². The Morgan fingerprint density at radius 2 is 1.68 bits per heavy atom. The smallest absolute Gasteiger partial charge is 0.172 e. The van der Waals surface area contributed by atoms with Gasteiger partial charge in [-0.1, -0.05) is 45.1 Å². The number of rotatable bonds is 2. The van der Waals surface area contributed by atoms with Crippen LogP contribution in [0.25, 0.3) is 0 Å². The summed E-state index contributed by atoms with van der Waals surface area (Å²) in [6, 6.07) is 0. The molecule has 6 heteroatoms. The van der Waals surface area contributed by atoms with Crippen LogP contribution >= 0.6 is 0 Å². The minimum absolute atomic E-state index is 0.0506. The van der Waals surface area contributed by atoms with Crippen molar-refractivity contribution in [3.05, 3.63) is 24.3 Å². The van der Waals surface area contributed by atoms with Crippen LogP contribution in [0.1, 0.15) is 54.4 Å². The lowest BCUT2D eigenvalue weighted by Crippen LogP contribution is -2.59. The Bertz CT molecular complexity index is 822. The summed E-state index contributed by atoms with van der Waals surface area (Å²) in [5, 5.41) is 0. The molecule has 0 amide bonds. The first-order valence-corrected chi connectivity index (χ1v) is 11.6. The fourth-order valence-electron chi connectivity index (χ4n) is 6.33. The van der Waals surface area contributed by atoms with E-state index in [0.717, 1.165) is 6.42 Å². The van der Waals surface area contributed by atoms with E-state index in [1.54, 1.807) is 0 Å². The van der Waals surface area contributed by atoms with Gasteiger partial charge in [0.1, 0.15) is 6.10 Å². The van der Waals surface area contributed by atoms with Gasteiger partial charge in [-0.25, -0.2) is 0 Å². The number of carbonyl (C=O) groups is 1. The number of ketones is 1. The van der Waals surface area contributed by atoms with Crippen molar-refractivity contribution in [2.75, 3.05) is 19.8 Å². The highest BCUT2D eigenvalue weighted by Crippen LogP contribution is 2.61. The molecule has 6 nitrogen and oxygen atoms in total. The van der Waals surface area contributed by atoms with Crippen LogP contribution < -0.4 is 0 Å². The molecule has 6 atom stereocenters. The van der Waals surface area contributed by atoms with E-state index in [2.05, 4.69) is 45.1 Å². The summed E-state index contributed by atoms with van der Waals surface area (Å²) < 4.78 is 30.3. The highest BCUT2D eigenvalue weighted by atomic mass is 16.7. The molecule has 3 saturated heterocycles. The van der Waals surface area contributed by atoms with E-state index in [-0.39, 0.29) is 35.2 Å². The Morgan fingerprint density at radius 1 is 0.968 bits per heavy atom. The highest BCUT2D eigenvalue weighted by Gasteiger charge is 2.73. The first-order chi connectivity index (χ1) is 14.4. The SMILES string of the molecule is CC1(C)OC[C@@H]2[C@H](C=C[C@@]3(C)/C=C\CC(C)(C)[C@]4(O[C@@H]4CC4(C)OCCO4)C(=O)[C@@H]23)O1. The van der Waals surface area contributed by atoms with E-state index in [1.807, 2.05) is 20.8 Å². The zero-order chi connectivity index (χ0) is 22.3. The molecule has 3 fully saturated rings. The first-order valence-electron chi connectivity index (χ1n) is 11.6. The van der Waals surface area contributed by atoms with Crippen LogP contribution in [0.15, 0.2) is 24.3 Å². The molecule has 5 aliphatic rings. The second-order valence-electron chi connectivity index (χ2n) is 11.4. The molecule has 0 N–H and O–H groups in total. The maximum atomic E-state index is 14.5. The molecule has 0 bridgehead atoms. The van der Waals surface area contributed by atoms with Gasteiger partial charge in [0.25, 0.3) is 0 Å². The van der Waals surface area contributed by atoms with E-state index in [0.29, 0.717) is 26.2 Å². The van der Waals surface area contributed by atoms with Gasteiger partial charge >= 0.3 is 0 Å². The van der Waals surface area contributed by atoms with Crippen LogP contribution in [0.3, 0.4) is 0 Å². The van der Waals surface area contributed by atoms with Crippen molar-refractivity contribution >= 4 is 5.78 Å². The van der Waals surface area contributed by atoms with Gasteiger partial charge in [-0.3, -0.25) is 4.79 Å². The number of hydrogen-bond donors (Lipinski definition) is 0. The normalized spacial score (nSPS) is 47.9. The molecular formula is C25H36O6. The van der Waals surface area contributed by atoms with Gasteiger partial charge in [0.15, 0.2) is 23.0 Å². The van der Waals surface area contributed by atoms with Crippen LogP contribution in [-0.2, 0) is 28.5 Å². The zero-order valence-electron chi connectivity index (χ0n) is 19.6. The highest BCUT2D eigenvalue weighted by molar-refractivity contribution is 5.95. The van der Waals surface area contributed by atoms with Gasteiger partial charge < -0.3 is 23.7 Å². The minimum Gasteiger partial charge on any atom is -0.357 e. The van der Waals surface area contributed by atoms with Gasteiger partial charge in [0.2, 0.25) is 0 Å². The molecule has 0 unspecified atom stereocenters. The quantitative estimate of drug-likeness (QED) is 0.489. The zero-order valence-corrected chi connectivity index (χ0v) is 19.6. The third-order valence-corrected chi connectivity index (χ3v) is 8.15. The van der Waals surface area contributed by atoms with Crippen LogP contribution in [0.2, 0.25) is 0 Å². The number of Topliss-reactive ketones (excluding diaryl/α,β-unsaturated/α-hetero) is 1. The van der Waals surface area contributed by atoms with Gasteiger partial charge in [0.05, 0.1) is 25.9 Å². The molecule has 0 aromatic carbocycles. The molecular weight excluding hydrogens is 396 g/mol. The lowest BCUT2D eigenvalue weighted by Gasteiger charge is -2.51. The van der Waals surface area contributed by atoms with Gasteiger partial charge in [-0.05, 0) is 27.2 Å². The maximum absolute atomic E-state index is 14.5. The fraction of sp³-hybridized carbons (Fsp3) is 0.800. The van der Waals surface area contributed by atoms with E-state index in [1.165, 1.54) is 0 Å². The Kier molecular flexibility index (Phi) is 4.73. The predicted octanol–water partition coefficient (Wildman–Crippen LogP) is 3.79. The second-order valence-corrected chi connectivity index (χ2v) is 11.4.